The third-order valence-corrected chi connectivity index (χ3v) is 5.94. The fourth-order valence-electron chi connectivity index (χ4n) is 4.16. The molecule has 3 rings (SSSR count). The summed E-state index contributed by atoms with van der Waals surface area (Å²) in [6.07, 6.45) is 3.30. The molecule has 6 heteroatoms. The van der Waals surface area contributed by atoms with Crippen LogP contribution in [0.5, 0.6) is 0 Å². The molecular formula is C22H31N3O3. The molecule has 2 fully saturated rings. The lowest BCUT2D eigenvalue weighted by Gasteiger charge is -2.33. The maximum atomic E-state index is 12.7. The van der Waals surface area contributed by atoms with Gasteiger partial charge in [-0.3, -0.25) is 14.4 Å². The number of carbonyl (C=O) groups is 3. The molecule has 28 heavy (non-hydrogen) atoms. The number of hydrogen-bond donors (Lipinski definition) is 1. The highest BCUT2D eigenvalue weighted by Crippen LogP contribution is 2.28. The van der Waals surface area contributed by atoms with Crippen molar-refractivity contribution >= 4 is 17.7 Å². The highest BCUT2D eigenvalue weighted by atomic mass is 16.2. The van der Waals surface area contributed by atoms with Crippen LogP contribution in [0.2, 0.25) is 0 Å². The molecule has 2 heterocycles. The van der Waals surface area contributed by atoms with Crippen LogP contribution in [0.3, 0.4) is 0 Å². The Morgan fingerprint density at radius 1 is 1.18 bits per heavy atom. The lowest BCUT2D eigenvalue weighted by Crippen LogP contribution is -2.48. The summed E-state index contributed by atoms with van der Waals surface area (Å²) in [5.74, 6) is -0.0800. The molecule has 6 nitrogen and oxygen atoms in total. The number of amides is 3. The van der Waals surface area contributed by atoms with Crippen molar-refractivity contribution in [1.29, 1.82) is 0 Å². The number of hydrogen-bond acceptors (Lipinski definition) is 3. The predicted octanol–water partition coefficient (Wildman–Crippen LogP) is 2.50. The van der Waals surface area contributed by atoms with Crippen molar-refractivity contribution in [1.82, 2.24) is 15.1 Å². The van der Waals surface area contributed by atoms with Gasteiger partial charge in [0.05, 0.1) is 12.0 Å². The summed E-state index contributed by atoms with van der Waals surface area (Å²) in [4.78, 5) is 40.9. The molecule has 0 radical (unpaired) electrons. The Hall–Kier alpha value is -2.37. The maximum Gasteiger partial charge on any atom is 0.225 e. The Labute approximate surface area is 167 Å². The second-order valence-electron chi connectivity index (χ2n) is 7.95. The van der Waals surface area contributed by atoms with E-state index in [0.29, 0.717) is 26.1 Å². The summed E-state index contributed by atoms with van der Waals surface area (Å²) in [7, 11) is 0. The molecule has 2 saturated heterocycles. The minimum absolute atomic E-state index is 0.0284. The first-order chi connectivity index (χ1) is 13.5. The van der Waals surface area contributed by atoms with Crippen LogP contribution in [0.15, 0.2) is 30.3 Å². The molecule has 1 aromatic rings. The third-order valence-electron chi connectivity index (χ3n) is 5.94. The van der Waals surface area contributed by atoms with Gasteiger partial charge in [-0.05, 0) is 31.7 Å². The van der Waals surface area contributed by atoms with Crippen molar-refractivity contribution in [3.8, 4) is 0 Å². The van der Waals surface area contributed by atoms with E-state index in [0.717, 1.165) is 24.8 Å². The lowest BCUT2D eigenvalue weighted by molar-refractivity contribution is -0.133. The second kappa shape index (κ2) is 9.22. The first-order valence-corrected chi connectivity index (χ1v) is 10.4. The molecule has 2 atom stereocenters. The van der Waals surface area contributed by atoms with Crippen LogP contribution < -0.4 is 5.32 Å². The summed E-state index contributed by atoms with van der Waals surface area (Å²) in [5.41, 5.74) is 1.08. The van der Waals surface area contributed by atoms with Crippen molar-refractivity contribution in [2.75, 3.05) is 19.6 Å². The highest BCUT2D eigenvalue weighted by molar-refractivity contribution is 5.89. The Kier molecular flexibility index (Phi) is 6.70. The average Bonchev–Trinajstić information content (AvgIpc) is 3.10. The van der Waals surface area contributed by atoms with E-state index < -0.39 is 0 Å². The molecule has 2 unspecified atom stereocenters. The zero-order valence-corrected chi connectivity index (χ0v) is 16.9. The van der Waals surface area contributed by atoms with Crippen molar-refractivity contribution in [2.45, 2.75) is 58.0 Å². The summed E-state index contributed by atoms with van der Waals surface area (Å²) in [6, 6.07) is 9.98. The normalized spacial score (nSPS) is 21.6. The topological polar surface area (TPSA) is 69.7 Å². The zero-order valence-electron chi connectivity index (χ0n) is 16.9. The molecule has 1 N–H and O–H groups in total. The van der Waals surface area contributed by atoms with E-state index in [4.69, 9.17) is 0 Å². The smallest absolute Gasteiger partial charge is 0.225 e. The van der Waals surface area contributed by atoms with Crippen LogP contribution in [0.25, 0.3) is 0 Å². The largest absolute Gasteiger partial charge is 0.353 e. The molecular weight excluding hydrogens is 354 g/mol. The molecule has 0 aliphatic carbocycles. The minimum Gasteiger partial charge on any atom is -0.353 e. The van der Waals surface area contributed by atoms with Gasteiger partial charge < -0.3 is 15.1 Å². The van der Waals surface area contributed by atoms with Gasteiger partial charge in [-0.1, -0.05) is 37.3 Å². The van der Waals surface area contributed by atoms with Crippen molar-refractivity contribution in [2.24, 2.45) is 5.92 Å². The number of nitrogens with zero attached hydrogens (tertiary/aromatic N) is 2. The number of rotatable bonds is 6. The minimum atomic E-state index is -0.293. The number of likely N-dealkylation sites (tertiary alicyclic amines) is 2. The molecule has 0 saturated carbocycles. The first kappa shape index (κ1) is 20.4. The Bertz CT molecular complexity index is 698. The van der Waals surface area contributed by atoms with Gasteiger partial charge in [-0.15, -0.1) is 0 Å². The Morgan fingerprint density at radius 2 is 1.86 bits per heavy atom. The van der Waals surface area contributed by atoms with Gasteiger partial charge in [0.2, 0.25) is 17.7 Å². The van der Waals surface area contributed by atoms with Crippen LogP contribution in [0.4, 0.5) is 0 Å². The van der Waals surface area contributed by atoms with Crippen LogP contribution >= 0.6 is 0 Å². The third kappa shape index (κ3) is 4.72. The fraction of sp³-hybridized carbons (Fsp3) is 0.591. The van der Waals surface area contributed by atoms with Gasteiger partial charge in [0, 0.05) is 38.5 Å². The summed E-state index contributed by atoms with van der Waals surface area (Å²) in [5, 5.41) is 3.12. The predicted molar refractivity (Wildman–Crippen MR) is 107 cm³/mol. The molecule has 0 aromatic heterocycles. The van der Waals surface area contributed by atoms with Gasteiger partial charge in [0.25, 0.3) is 0 Å². The van der Waals surface area contributed by atoms with Gasteiger partial charge in [-0.25, -0.2) is 0 Å². The monoisotopic (exact) mass is 385 g/mol. The number of nitrogens with one attached hydrogen (secondary N) is 1. The Morgan fingerprint density at radius 3 is 2.50 bits per heavy atom. The van der Waals surface area contributed by atoms with E-state index in [1.165, 1.54) is 0 Å². The maximum absolute atomic E-state index is 12.7. The first-order valence-electron chi connectivity index (χ1n) is 10.4. The standard InChI is InChI=1S/C22H31N3O3/c1-3-7-20(26)24-12-10-19(11-13-24)23-22(28)18-14-21(27)25(15-18)16(2)17-8-5-4-6-9-17/h4-6,8-9,16,18-19H,3,7,10-15H2,1-2H3,(H,23,28). The summed E-state index contributed by atoms with van der Waals surface area (Å²) in [6.45, 7) is 5.88. The fourth-order valence-corrected chi connectivity index (χ4v) is 4.16. The van der Waals surface area contributed by atoms with Crippen LogP contribution in [0.1, 0.15) is 57.6 Å². The molecule has 1 aromatic carbocycles. The van der Waals surface area contributed by atoms with E-state index >= 15 is 0 Å². The summed E-state index contributed by atoms with van der Waals surface area (Å²) >= 11 is 0. The SMILES string of the molecule is CCCC(=O)N1CCC(NC(=O)C2CC(=O)N(C(C)c3ccccc3)C2)CC1. The van der Waals surface area contributed by atoms with Gasteiger partial charge in [0.1, 0.15) is 0 Å². The highest BCUT2D eigenvalue weighted by Gasteiger charge is 2.37. The van der Waals surface area contributed by atoms with Gasteiger partial charge in [0.15, 0.2) is 0 Å². The van der Waals surface area contributed by atoms with E-state index in [2.05, 4.69) is 5.32 Å². The van der Waals surface area contributed by atoms with E-state index in [1.807, 2.05) is 54.0 Å². The van der Waals surface area contributed by atoms with Gasteiger partial charge in [-0.2, -0.15) is 0 Å². The molecule has 3 amide bonds. The van der Waals surface area contributed by atoms with E-state index in [1.54, 1.807) is 0 Å². The molecule has 0 bridgehead atoms. The Balaban J connectivity index is 1.49. The van der Waals surface area contributed by atoms with E-state index in [-0.39, 0.29) is 42.1 Å². The van der Waals surface area contributed by atoms with Crippen molar-refractivity contribution in [3.05, 3.63) is 35.9 Å². The van der Waals surface area contributed by atoms with E-state index in [9.17, 15) is 14.4 Å². The summed E-state index contributed by atoms with van der Waals surface area (Å²) < 4.78 is 0. The molecule has 2 aliphatic rings. The molecule has 152 valence electrons. The second-order valence-corrected chi connectivity index (χ2v) is 7.95. The molecule has 2 aliphatic heterocycles. The number of benzene rings is 1. The number of piperidine rings is 1. The molecule has 0 spiro atoms. The zero-order chi connectivity index (χ0) is 20.1. The van der Waals surface area contributed by atoms with Crippen molar-refractivity contribution in [3.63, 3.8) is 0 Å². The van der Waals surface area contributed by atoms with Gasteiger partial charge >= 0.3 is 0 Å². The van der Waals surface area contributed by atoms with Crippen molar-refractivity contribution < 1.29 is 14.4 Å². The quantitative estimate of drug-likeness (QED) is 0.818. The lowest BCUT2D eigenvalue weighted by atomic mass is 10.0. The number of carbonyl (C=O) groups excluding carboxylic acids is 3. The van der Waals surface area contributed by atoms with Crippen LogP contribution in [-0.2, 0) is 14.4 Å². The average molecular weight is 386 g/mol. The van der Waals surface area contributed by atoms with Crippen LogP contribution in [-0.4, -0.2) is 53.2 Å². The van der Waals surface area contributed by atoms with Crippen LogP contribution in [0, 0.1) is 5.92 Å².